The molecule has 6 aromatic rings. The molecular formula is C30H30B2N6O6. The van der Waals surface area contributed by atoms with Gasteiger partial charge in [0, 0.05) is 72.8 Å². The fourth-order valence-corrected chi connectivity index (χ4v) is 3.48. The topological polar surface area (TPSA) is 223 Å². The molecule has 6 heterocycles. The Morgan fingerprint density at radius 2 is 0.341 bits per heavy atom. The first-order chi connectivity index (χ1) is 21.4. The number of hydrogen-bond donors (Lipinski definition) is 0. The molecule has 6 aromatic heterocycles. The number of pyridine rings is 6. The van der Waals surface area contributed by atoms with Gasteiger partial charge in [-0.15, -0.1) is 0 Å². The molecule has 0 spiro atoms. The van der Waals surface area contributed by atoms with Crippen LogP contribution in [0.5, 0.6) is 0 Å². The van der Waals surface area contributed by atoms with Crippen LogP contribution in [-0.4, -0.2) is 14.6 Å². The molecule has 0 aliphatic heterocycles. The molecule has 0 radical (unpaired) electrons. The minimum Gasteiger partial charge on any atom is -0.907 e. The van der Waals surface area contributed by atoms with Crippen molar-refractivity contribution >= 4 is 14.6 Å². The van der Waals surface area contributed by atoms with Gasteiger partial charge in [0.1, 0.15) is 0 Å². The Labute approximate surface area is 255 Å². The Morgan fingerprint density at radius 3 is 0.432 bits per heavy atom. The molecule has 0 amide bonds. The molecule has 44 heavy (non-hydrogen) atoms. The normalized spacial score (nSPS) is 9.14. The van der Waals surface area contributed by atoms with Crippen molar-refractivity contribution in [3.63, 3.8) is 0 Å². The van der Waals surface area contributed by atoms with Gasteiger partial charge in [0.25, 0.3) is 0 Å². The highest BCUT2D eigenvalue weighted by Crippen LogP contribution is 2.16. The van der Waals surface area contributed by atoms with E-state index in [0.29, 0.717) is 0 Å². The second-order valence-corrected chi connectivity index (χ2v) is 8.31. The van der Waals surface area contributed by atoms with Crippen molar-refractivity contribution in [2.45, 2.75) is 0 Å². The number of aromatic nitrogens is 6. The van der Waals surface area contributed by atoms with Crippen molar-refractivity contribution in [3.05, 3.63) is 147 Å². The summed E-state index contributed by atoms with van der Waals surface area (Å²) >= 11 is 0. The van der Waals surface area contributed by atoms with E-state index in [0.717, 1.165) is 0 Å². The van der Waals surface area contributed by atoms with E-state index in [2.05, 4.69) is 103 Å². The highest BCUT2D eigenvalue weighted by molar-refractivity contribution is 6.24. The molecule has 0 aromatic carbocycles. The molecule has 6 N–H and O–H groups in total. The van der Waals surface area contributed by atoms with E-state index in [1.54, 1.807) is 0 Å². The molecule has 222 valence electrons. The molecule has 0 fully saturated rings. The molecule has 0 aliphatic carbocycles. The van der Waals surface area contributed by atoms with Gasteiger partial charge in [-0.1, -0.05) is 0 Å². The Bertz CT molecular complexity index is 1210. The lowest BCUT2D eigenvalue weighted by atomic mass is 10.1. The van der Waals surface area contributed by atoms with Crippen LogP contribution in [0, 0.1) is 0 Å². The molecule has 0 bridgehead atoms. The summed E-state index contributed by atoms with van der Waals surface area (Å²) in [7, 11) is -5.83. The van der Waals surface area contributed by atoms with E-state index >= 15 is 0 Å². The number of nitrogens with one attached hydrogen (secondary N) is 6. The quantitative estimate of drug-likeness (QED) is 0.183. The van der Waals surface area contributed by atoms with Crippen LogP contribution in [0.3, 0.4) is 0 Å². The minimum absolute atomic E-state index is 1.22. The number of aromatic amines is 6. The standard InChI is InChI=1S/3C10H8N2.2BO3/c3*1-5-11-6-2-9(1)10-3-7-12-8-4-10;2*2-1(3)4/h3*1-8H;;/q;;;2*-3/p+6. The maximum atomic E-state index is 8.42. The van der Waals surface area contributed by atoms with E-state index < -0.39 is 14.6 Å². The Kier molecular flexibility index (Phi) is 17.1. The van der Waals surface area contributed by atoms with Crippen LogP contribution in [0.2, 0.25) is 0 Å². The van der Waals surface area contributed by atoms with Crippen LogP contribution in [0.25, 0.3) is 33.4 Å². The molecule has 0 unspecified atom stereocenters. The van der Waals surface area contributed by atoms with Gasteiger partial charge in [-0.3, -0.25) is 14.6 Å². The van der Waals surface area contributed by atoms with E-state index in [-0.39, 0.29) is 0 Å². The van der Waals surface area contributed by atoms with Crippen LogP contribution in [0.15, 0.2) is 147 Å². The highest BCUT2D eigenvalue weighted by atomic mass is 16.5. The van der Waals surface area contributed by atoms with Gasteiger partial charge in [-0.25, -0.2) is 29.9 Å². The zero-order chi connectivity index (χ0) is 31.8. The van der Waals surface area contributed by atoms with Crippen LogP contribution in [-0.2, 0) is 0 Å². The summed E-state index contributed by atoms with van der Waals surface area (Å²) in [5, 5.41) is 50.5. The highest BCUT2D eigenvalue weighted by Gasteiger charge is 1.99. The average molecular weight is 592 g/mol. The smallest absolute Gasteiger partial charge is 0.167 e. The van der Waals surface area contributed by atoms with E-state index in [1.807, 2.05) is 74.4 Å². The van der Waals surface area contributed by atoms with Gasteiger partial charge >= 0.3 is 0 Å². The van der Waals surface area contributed by atoms with Crippen molar-refractivity contribution < 1.29 is 60.0 Å². The second-order valence-electron chi connectivity index (χ2n) is 8.31. The SMILES string of the molecule is [O-]B([O-])[O-].[O-]B([O-])[O-].c1cc(-c2cc[nH+]cc2)cc[nH+]1.c1cc(-c2cc[nH+]cc2)cc[nH+]1.c1cc(-c2cc[nH+]cc2)cc[nH+]1. The summed E-state index contributed by atoms with van der Waals surface area (Å²) in [4.78, 5) is 18.0. The summed E-state index contributed by atoms with van der Waals surface area (Å²) in [6, 6.07) is 24.6. The largest absolute Gasteiger partial charge is 0.907 e. The van der Waals surface area contributed by atoms with Crippen molar-refractivity contribution in [2.75, 3.05) is 0 Å². The molecule has 6 rings (SSSR count). The fraction of sp³-hybridized carbons (Fsp3) is 0. The lowest BCUT2D eigenvalue weighted by Crippen LogP contribution is -2.56. The molecule has 12 nitrogen and oxygen atoms in total. The number of H-pyrrole nitrogens is 6. The van der Waals surface area contributed by atoms with Crippen molar-refractivity contribution in [1.29, 1.82) is 0 Å². The third-order valence-corrected chi connectivity index (χ3v) is 5.31. The first-order valence-electron chi connectivity index (χ1n) is 13.1. The lowest BCUT2D eigenvalue weighted by molar-refractivity contribution is -0.481. The van der Waals surface area contributed by atoms with Crippen molar-refractivity contribution in [3.8, 4) is 33.4 Å². The fourth-order valence-electron chi connectivity index (χ4n) is 3.48. The Morgan fingerprint density at radius 1 is 0.250 bits per heavy atom. The summed E-state index contributed by atoms with van der Waals surface area (Å²) < 4.78 is 0. The lowest BCUT2D eigenvalue weighted by Gasteiger charge is -2.35. The van der Waals surface area contributed by atoms with Crippen LogP contribution >= 0.6 is 0 Å². The van der Waals surface area contributed by atoms with Crippen LogP contribution in [0.4, 0.5) is 0 Å². The maximum Gasteiger partial charge on any atom is 0.167 e. The monoisotopic (exact) mass is 592 g/mol. The summed E-state index contributed by atoms with van der Waals surface area (Å²) in [5.74, 6) is 0. The molecule has 0 saturated heterocycles. The van der Waals surface area contributed by atoms with E-state index in [1.165, 1.54) is 33.4 Å². The predicted octanol–water partition coefficient (Wildman–Crippen LogP) is -4.95. The van der Waals surface area contributed by atoms with Gasteiger partial charge < -0.3 is 30.1 Å². The predicted molar refractivity (Wildman–Crippen MR) is 146 cm³/mol. The molecule has 14 heteroatoms. The van der Waals surface area contributed by atoms with Gasteiger partial charge in [-0.05, 0) is 33.4 Å². The molecular weight excluding hydrogens is 562 g/mol. The van der Waals surface area contributed by atoms with Gasteiger partial charge in [0.2, 0.25) is 0 Å². The van der Waals surface area contributed by atoms with Crippen LogP contribution in [0.1, 0.15) is 0 Å². The third-order valence-electron chi connectivity index (χ3n) is 5.31. The first kappa shape index (κ1) is 35.0. The van der Waals surface area contributed by atoms with Gasteiger partial charge in [0.05, 0.1) is 0 Å². The second kappa shape index (κ2) is 21.5. The molecule has 0 aliphatic rings. The zero-order valence-corrected chi connectivity index (χ0v) is 23.5. The summed E-state index contributed by atoms with van der Waals surface area (Å²) in [6.45, 7) is 0. The van der Waals surface area contributed by atoms with Crippen molar-refractivity contribution in [2.24, 2.45) is 0 Å². The van der Waals surface area contributed by atoms with E-state index in [4.69, 9.17) is 30.1 Å². The average Bonchev–Trinajstić information content (AvgIpc) is 3.07. The van der Waals surface area contributed by atoms with E-state index in [9.17, 15) is 0 Å². The van der Waals surface area contributed by atoms with Gasteiger partial charge in [-0.2, -0.15) is 0 Å². The third kappa shape index (κ3) is 15.7. The maximum absolute atomic E-state index is 8.42. The molecule has 0 atom stereocenters. The Balaban J connectivity index is 0.000000205. The van der Waals surface area contributed by atoms with Crippen LogP contribution < -0.4 is 60.0 Å². The minimum atomic E-state index is -2.92. The first-order valence-corrected chi connectivity index (χ1v) is 13.1. The molecule has 0 saturated carbocycles. The Hall–Kier alpha value is -5.21. The number of rotatable bonds is 3. The zero-order valence-electron chi connectivity index (χ0n) is 23.5. The summed E-state index contributed by atoms with van der Waals surface area (Å²) in [6.07, 6.45) is 23.1. The van der Waals surface area contributed by atoms with Crippen molar-refractivity contribution in [1.82, 2.24) is 0 Å². The van der Waals surface area contributed by atoms with Gasteiger partial charge in [0.15, 0.2) is 74.4 Å². The number of hydrogen-bond acceptors (Lipinski definition) is 6. The summed E-state index contributed by atoms with van der Waals surface area (Å²) in [5.41, 5.74) is 7.35.